The van der Waals surface area contributed by atoms with E-state index in [1.807, 2.05) is 0 Å². The van der Waals surface area contributed by atoms with Gasteiger partial charge in [-0.3, -0.25) is 4.79 Å². The Morgan fingerprint density at radius 1 is 1.20 bits per heavy atom. The predicted molar refractivity (Wildman–Crippen MR) is 62.8 cm³/mol. The molecule has 0 aromatic rings. The number of Topliss-reactive ketones (excluding diaryl/α,β-unsaturated/α-hetero) is 1. The van der Waals surface area contributed by atoms with Crippen LogP contribution in [0.2, 0.25) is 0 Å². The zero-order valence-electron chi connectivity index (χ0n) is 9.93. The van der Waals surface area contributed by atoms with Gasteiger partial charge in [-0.15, -0.1) is 0 Å². The molecule has 0 unspecified atom stereocenters. The van der Waals surface area contributed by atoms with Crippen molar-refractivity contribution in [1.82, 2.24) is 0 Å². The number of ketones is 1. The Hall–Kier alpha value is -0.0900. The lowest BCUT2D eigenvalue weighted by molar-refractivity contribution is -0.127. The van der Waals surface area contributed by atoms with Crippen LogP contribution in [0.3, 0.4) is 0 Å². The van der Waals surface area contributed by atoms with Crippen molar-refractivity contribution in [2.75, 3.05) is 5.75 Å². The van der Waals surface area contributed by atoms with Crippen molar-refractivity contribution in [1.29, 1.82) is 0 Å². The van der Waals surface area contributed by atoms with E-state index in [2.05, 4.69) is 0 Å². The first-order valence-electron chi connectivity index (χ1n) is 4.99. The van der Waals surface area contributed by atoms with Gasteiger partial charge in [-0.1, -0.05) is 46.2 Å². The molecule has 0 aliphatic carbocycles. The molecule has 0 aliphatic heterocycles. The minimum absolute atomic E-state index is 0.0980. The van der Waals surface area contributed by atoms with Crippen LogP contribution in [0.4, 0.5) is 0 Å². The first-order valence-corrected chi connectivity index (χ1v) is 7.02. The minimum Gasteiger partial charge on any atom is -0.296 e. The highest BCUT2D eigenvalue weighted by molar-refractivity contribution is 7.95. The third kappa shape index (κ3) is 2.72. The molecule has 0 heterocycles. The van der Waals surface area contributed by atoms with E-state index in [-0.39, 0.29) is 12.2 Å². The standard InChI is InChI=1S/C10H19ClO3S/c1-6-10(11,15(13,14)7-2)8(12)9(3,4)5/h6-7H2,1-5H3/t10-/m1/s1. The fourth-order valence-corrected chi connectivity index (χ4v) is 3.41. The molecular weight excluding hydrogens is 236 g/mol. The quantitative estimate of drug-likeness (QED) is 0.724. The number of sulfone groups is 1. The number of rotatable bonds is 4. The van der Waals surface area contributed by atoms with Crippen LogP contribution in [0, 0.1) is 5.41 Å². The number of halogens is 1. The van der Waals surface area contributed by atoms with Crippen molar-refractivity contribution in [2.45, 2.75) is 45.2 Å². The molecule has 0 aromatic heterocycles. The first kappa shape index (κ1) is 14.9. The van der Waals surface area contributed by atoms with E-state index in [1.54, 1.807) is 27.7 Å². The van der Waals surface area contributed by atoms with Gasteiger partial charge in [0, 0.05) is 11.2 Å². The summed E-state index contributed by atoms with van der Waals surface area (Å²) in [5, 5.41) is 0. The summed E-state index contributed by atoms with van der Waals surface area (Å²) in [5.41, 5.74) is -0.750. The predicted octanol–water partition coefficient (Wildman–Crippen LogP) is 2.38. The lowest BCUT2D eigenvalue weighted by Crippen LogP contribution is -2.47. The fraction of sp³-hybridized carbons (Fsp3) is 0.900. The third-order valence-electron chi connectivity index (χ3n) is 2.35. The topological polar surface area (TPSA) is 51.2 Å². The summed E-state index contributed by atoms with van der Waals surface area (Å²) in [6, 6.07) is 0. The summed E-state index contributed by atoms with van der Waals surface area (Å²) < 4.78 is 21.8. The maximum absolute atomic E-state index is 12.0. The molecule has 3 nitrogen and oxygen atoms in total. The van der Waals surface area contributed by atoms with Gasteiger partial charge in [0.15, 0.2) is 15.6 Å². The number of carbonyl (C=O) groups is 1. The van der Waals surface area contributed by atoms with Gasteiger partial charge in [-0.05, 0) is 6.42 Å². The first-order chi connectivity index (χ1) is 6.53. The van der Waals surface area contributed by atoms with Crippen molar-refractivity contribution in [3.05, 3.63) is 0 Å². The van der Waals surface area contributed by atoms with Gasteiger partial charge in [0.05, 0.1) is 0 Å². The van der Waals surface area contributed by atoms with E-state index in [4.69, 9.17) is 11.6 Å². The Bertz CT molecular complexity index is 340. The van der Waals surface area contributed by atoms with E-state index in [0.717, 1.165) is 0 Å². The van der Waals surface area contributed by atoms with E-state index in [0.29, 0.717) is 0 Å². The Morgan fingerprint density at radius 2 is 1.60 bits per heavy atom. The van der Waals surface area contributed by atoms with Crippen molar-refractivity contribution in [3.63, 3.8) is 0 Å². The summed E-state index contributed by atoms with van der Waals surface area (Å²) in [4.78, 5) is 12.0. The lowest BCUT2D eigenvalue weighted by atomic mass is 9.88. The molecule has 0 aromatic carbocycles. The van der Waals surface area contributed by atoms with Crippen molar-refractivity contribution < 1.29 is 13.2 Å². The highest BCUT2D eigenvalue weighted by Gasteiger charge is 2.50. The van der Waals surface area contributed by atoms with Gasteiger partial charge >= 0.3 is 0 Å². The zero-order chi connectivity index (χ0) is 12.5. The number of hydrogen-bond donors (Lipinski definition) is 0. The molecule has 0 bridgehead atoms. The molecule has 0 spiro atoms. The van der Waals surface area contributed by atoms with E-state index >= 15 is 0 Å². The maximum atomic E-state index is 12.0. The second-order valence-corrected chi connectivity index (χ2v) is 7.94. The molecule has 1 atom stereocenters. The summed E-state index contributed by atoms with van der Waals surface area (Å²) in [7, 11) is -3.58. The van der Waals surface area contributed by atoms with Crippen LogP contribution in [-0.2, 0) is 14.6 Å². The molecule has 0 saturated carbocycles. The molecule has 5 heteroatoms. The van der Waals surface area contributed by atoms with Crippen LogP contribution in [0.1, 0.15) is 41.0 Å². The molecule has 0 radical (unpaired) electrons. The summed E-state index contributed by atoms with van der Waals surface area (Å²) in [6.45, 7) is 8.13. The Morgan fingerprint density at radius 3 is 1.80 bits per heavy atom. The molecule has 0 fully saturated rings. The van der Waals surface area contributed by atoms with E-state index in [1.165, 1.54) is 6.92 Å². The highest BCUT2D eigenvalue weighted by atomic mass is 35.5. The molecular formula is C10H19ClO3S. The lowest BCUT2D eigenvalue weighted by Gasteiger charge is -2.30. The van der Waals surface area contributed by atoms with Crippen molar-refractivity contribution >= 4 is 27.2 Å². The Kier molecular flexibility index (Phi) is 4.39. The summed E-state index contributed by atoms with van der Waals surface area (Å²) in [5.74, 6) is -0.549. The van der Waals surface area contributed by atoms with Crippen LogP contribution >= 0.6 is 11.6 Å². The second kappa shape index (κ2) is 4.42. The third-order valence-corrected chi connectivity index (χ3v) is 5.71. The summed E-state index contributed by atoms with van der Waals surface area (Å²) in [6.07, 6.45) is 0.0980. The van der Waals surface area contributed by atoms with Gasteiger partial charge in [-0.25, -0.2) is 8.42 Å². The Labute approximate surface area is 97.1 Å². The maximum Gasteiger partial charge on any atom is 0.203 e. The second-order valence-electron chi connectivity index (χ2n) is 4.56. The smallest absolute Gasteiger partial charge is 0.203 e. The average molecular weight is 255 g/mol. The van der Waals surface area contributed by atoms with Crippen LogP contribution in [0.5, 0.6) is 0 Å². The van der Waals surface area contributed by atoms with Crippen LogP contribution in [-0.4, -0.2) is 24.2 Å². The van der Waals surface area contributed by atoms with Crippen LogP contribution < -0.4 is 0 Å². The largest absolute Gasteiger partial charge is 0.296 e. The molecule has 15 heavy (non-hydrogen) atoms. The minimum atomic E-state index is -3.58. The van der Waals surface area contributed by atoms with Gasteiger partial charge in [0.1, 0.15) is 0 Å². The Balaban J connectivity index is 5.51. The van der Waals surface area contributed by atoms with Gasteiger partial charge in [0.25, 0.3) is 0 Å². The highest BCUT2D eigenvalue weighted by Crippen LogP contribution is 2.35. The average Bonchev–Trinajstić information content (AvgIpc) is 2.13. The SMILES string of the molecule is CC[C@](Cl)(C(=O)C(C)(C)C)S(=O)(=O)CC. The van der Waals surface area contributed by atoms with E-state index in [9.17, 15) is 13.2 Å². The fourth-order valence-electron chi connectivity index (χ4n) is 1.31. The number of carbonyl (C=O) groups excluding carboxylic acids is 1. The summed E-state index contributed by atoms with van der Waals surface area (Å²) >= 11 is 6.01. The molecule has 0 rings (SSSR count). The monoisotopic (exact) mass is 254 g/mol. The number of hydrogen-bond acceptors (Lipinski definition) is 3. The van der Waals surface area contributed by atoms with E-state index < -0.39 is 25.2 Å². The van der Waals surface area contributed by atoms with Crippen molar-refractivity contribution in [2.24, 2.45) is 5.41 Å². The molecule has 0 aliphatic rings. The van der Waals surface area contributed by atoms with Crippen LogP contribution in [0.15, 0.2) is 0 Å². The molecule has 0 saturated heterocycles. The number of alkyl halides is 1. The van der Waals surface area contributed by atoms with Gasteiger partial charge < -0.3 is 0 Å². The molecule has 0 N–H and O–H groups in total. The normalized spacial score (nSPS) is 17.2. The van der Waals surface area contributed by atoms with Crippen molar-refractivity contribution in [3.8, 4) is 0 Å². The zero-order valence-corrected chi connectivity index (χ0v) is 11.5. The van der Waals surface area contributed by atoms with Gasteiger partial charge in [0.2, 0.25) is 4.21 Å². The molecule has 0 amide bonds. The van der Waals surface area contributed by atoms with Gasteiger partial charge in [-0.2, -0.15) is 0 Å². The molecule has 90 valence electrons. The van der Waals surface area contributed by atoms with Crippen LogP contribution in [0.25, 0.3) is 0 Å².